The molecule has 0 spiro atoms. The molecule has 1 aromatic heterocycles. The molecular formula is C15H13Cl2NO2S. The number of aromatic carboxylic acids is 1. The molecule has 0 atom stereocenters. The van der Waals surface area contributed by atoms with Gasteiger partial charge < -0.3 is 5.11 Å². The number of nitrogens with zero attached hydrogens (tertiary/aromatic N) is 1. The van der Waals surface area contributed by atoms with Gasteiger partial charge in [-0.15, -0.1) is 11.8 Å². The number of aromatic nitrogens is 1. The van der Waals surface area contributed by atoms with Crippen LogP contribution >= 0.6 is 35.0 Å². The summed E-state index contributed by atoms with van der Waals surface area (Å²) in [5, 5.41) is 11.0. The molecule has 2 aromatic rings. The molecule has 6 heteroatoms. The number of rotatable bonds is 4. The first kappa shape index (κ1) is 16.1. The zero-order chi connectivity index (χ0) is 15.6. The van der Waals surface area contributed by atoms with Gasteiger partial charge in [-0.25, -0.2) is 9.78 Å². The topological polar surface area (TPSA) is 50.2 Å². The van der Waals surface area contributed by atoms with Crippen LogP contribution in [0.4, 0.5) is 0 Å². The standard InChI is InChI=1S/C15H13Cl2NO2S/c1-8-6-9(2)18-14(13(8)15(19)20)21-7-10-11(16)4-3-5-12(10)17/h3-6H,7H2,1-2H3,(H,19,20). The van der Waals surface area contributed by atoms with Crippen LogP contribution < -0.4 is 0 Å². The van der Waals surface area contributed by atoms with Crippen LogP contribution in [0.15, 0.2) is 29.3 Å². The molecule has 21 heavy (non-hydrogen) atoms. The highest BCUT2D eigenvalue weighted by atomic mass is 35.5. The van der Waals surface area contributed by atoms with E-state index >= 15 is 0 Å². The van der Waals surface area contributed by atoms with Crippen molar-refractivity contribution in [3.8, 4) is 0 Å². The van der Waals surface area contributed by atoms with Crippen LogP contribution in [-0.4, -0.2) is 16.1 Å². The maximum atomic E-state index is 11.4. The Balaban J connectivity index is 2.34. The Morgan fingerprint density at radius 1 is 1.29 bits per heavy atom. The number of halogens is 2. The summed E-state index contributed by atoms with van der Waals surface area (Å²) in [6, 6.07) is 7.05. The molecule has 1 N–H and O–H groups in total. The first-order chi connectivity index (χ1) is 9.90. The summed E-state index contributed by atoms with van der Waals surface area (Å²) in [5.74, 6) is -0.512. The van der Waals surface area contributed by atoms with Gasteiger partial charge in [0.05, 0.1) is 5.56 Å². The van der Waals surface area contributed by atoms with Crippen LogP contribution in [0, 0.1) is 13.8 Å². The summed E-state index contributed by atoms with van der Waals surface area (Å²) in [4.78, 5) is 15.7. The summed E-state index contributed by atoms with van der Waals surface area (Å²) in [6.07, 6.45) is 0. The molecule has 0 aliphatic rings. The van der Waals surface area contributed by atoms with E-state index in [4.69, 9.17) is 23.2 Å². The summed E-state index contributed by atoms with van der Waals surface area (Å²) < 4.78 is 0. The molecule has 0 saturated heterocycles. The first-order valence-electron chi connectivity index (χ1n) is 6.17. The van der Waals surface area contributed by atoms with Crippen molar-refractivity contribution < 1.29 is 9.90 Å². The van der Waals surface area contributed by atoms with E-state index in [1.54, 1.807) is 31.2 Å². The molecule has 1 aromatic carbocycles. The molecule has 0 amide bonds. The van der Waals surface area contributed by atoms with E-state index in [1.165, 1.54) is 11.8 Å². The van der Waals surface area contributed by atoms with E-state index in [0.717, 1.165) is 11.3 Å². The fraction of sp³-hybridized carbons (Fsp3) is 0.200. The average Bonchev–Trinajstić information content (AvgIpc) is 2.36. The normalized spacial score (nSPS) is 10.7. The minimum atomic E-state index is -0.979. The number of carbonyl (C=O) groups is 1. The number of hydrogen-bond acceptors (Lipinski definition) is 3. The van der Waals surface area contributed by atoms with Crippen molar-refractivity contribution in [2.45, 2.75) is 24.6 Å². The molecule has 110 valence electrons. The monoisotopic (exact) mass is 341 g/mol. The van der Waals surface area contributed by atoms with Gasteiger partial charge in [0.25, 0.3) is 0 Å². The number of aryl methyl sites for hydroxylation is 2. The summed E-state index contributed by atoms with van der Waals surface area (Å²) >= 11 is 13.6. The van der Waals surface area contributed by atoms with Crippen LogP contribution in [0.5, 0.6) is 0 Å². The molecule has 0 radical (unpaired) electrons. The van der Waals surface area contributed by atoms with Crippen molar-refractivity contribution in [1.29, 1.82) is 0 Å². The lowest BCUT2D eigenvalue weighted by Gasteiger charge is -2.11. The zero-order valence-corrected chi connectivity index (χ0v) is 13.8. The number of carboxylic acids is 1. The van der Waals surface area contributed by atoms with Crippen molar-refractivity contribution in [3.63, 3.8) is 0 Å². The molecule has 0 fully saturated rings. The van der Waals surface area contributed by atoms with Crippen molar-refractivity contribution >= 4 is 40.9 Å². The molecule has 0 aliphatic carbocycles. The molecule has 0 bridgehead atoms. The summed E-state index contributed by atoms with van der Waals surface area (Å²) in [7, 11) is 0. The zero-order valence-electron chi connectivity index (χ0n) is 11.5. The predicted octanol–water partition coefficient (Wildman–Crippen LogP) is 5.00. The number of pyridine rings is 1. The Morgan fingerprint density at radius 3 is 2.48 bits per heavy atom. The van der Waals surface area contributed by atoms with E-state index in [1.807, 2.05) is 6.92 Å². The van der Waals surface area contributed by atoms with Crippen LogP contribution in [0.1, 0.15) is 27.2 Å². The fourth-order valence-corrected chi connectivity index (χ4v) is 3.86. The number of carboxylic acid groups (broad SMARTS) is 1. The molecule has 0 saturated carbocycles. The largest absolute Gasteiger partial charge is 0.478 e. The van der Waals surface area contributed by atoms with Crippen LogP contribution in [0.3, 0.4) is 0 Å². The van der Waals surface area contributed by atoms with Crippen LogP contribution in [-0.2, 0) is 5.75 Å². The summed E-state index contributed by atoms with van der Waals surface area (Å²) in [6.45, 7) is 3.61. The van der Waals surface area contributed by atoms with E-state index in [9.17, 15) is 9.90 Å². The van der Waals surface area contributed by atoms with Crippen molar-refractivity contribution in [2.24, 2.45) is 0 Å². The lowest BCUT2D eigenvalue weighted by Crippen LogP contribution is -2.05. The Labute approximate surface area is 137 Å². The second-order valence-corrected chi connectivity index (χ2v) is 6.33. The van der Waals surface area contributed by atoms with Gasteiger partial charge in [-0.05, 0) is 43.2 Å². The van der Waals surface area contributed by atoms with E-state index in [-0.39, 0.29) is 5.56 Å². The van der Waals surface area contributed by atoms with E-state index in [0.29, 0.717) is 26.4 Å². The SMILES string of the molecule is Cc1cc(C)c(C(=O)O)c(SCc2c(Cl)cccc2Cl)n1. The molecule has 1 heterocycles. The summed E-state index contributed by atoms with van der Waals surface area (Å²) in [5.41, 5.74) is 2.49. The number of thioether (sulfide) groups is 1. The quantitative estimate of drug-likeness (QED) is 0.795. The lowest BCUT2D eigenvalue weighted by molar-refractivity contribution is 0.0691. The van der Waals surface area contributed by atoms with Gasteiger partial charge >= 0.3 is 5.97 Å². The third kappa shape index (κ3) is 3.70. The first-order valence-corrected chi connectivity index (χ1v) is 7.91. The molecule has 0 aliphatic heterocycles. The van der Waals surface area contributed by atoms with Crippen molar-refractivity contribution in [2.75, 3.05) is 0 Å². The maximum Gasteiger partial charge on any atom is 0.338 e. The van der Waals surface area contributed by atoms with Gasteiger partial charge in [0, 0.05) is 21.5 Å². The van der Waals surface area contributed by atoms with Crippen LogP contribution in [0.2, 0.25) is 10.0 Å². The smallest absolute Gasteiger partial charge is 0.338 e. The second kappa shape index (κ2) is 6.69. The highest BCUT2D eigenvalue weighted by Crippen LogP contribution is 2.33. The fourth-order valence-electron chi connectivity index (χ4n) is 1.98. The molecule has 2 rings (SSSR count). The van der Waals surface area contributed by atoms with Gasteiger partial charge in [-0.2, -0.15) is 0 Å². The Bertz CT molecular complexity index is 684. The third-order valence-corrected chi connectivity index (χ3v) is 4.65. The molecule has 0 unspecified atom stereocenters. The van der Waals surface area contributed by atoms with Crippen LogP contribution in [0.25, 0.3) is 0 Å². The third-order valence-electron chi connectivity index (χ3n) is 2.94. The maximum absolute atomic E-state index is 11.4. The minimum absolute atomic E-state index is 0.230. The highest BCUT2D eigenvalue weighted by molar-refractivity contribution is 7.98. The second-order valence-electron chi connectivity index (χ2n) is 4.55. The van der Waals surface area contributed by atoms with Gasteiger partial charge in [0.1, 0.15) is 5.03 Å². The molecular weight excluding hydrogens is 329 g/mol. The number of hydrogen-bond donors (Lipinski definition) is 1. The number of benzene rings is 1. The van der Waals surface area contributed by atoms with Gasteiger partial charge in [-0.1, -0.05) is 29.3 Å². The van der Waals surface area contributed by atoms with Gasteiger partial charge in [0.15, 0.2) is 0 Å². The minimum Gasteiger partial charge on any atom is -0.478 e. The predicted molar refractivity (Wildman–Crippen MR) is 86.7 cm³/mol. The van der Waals surface area contributed by atoms with Crippen molar-refractivity contribution in [1.82, 2.24) is 4.98 Å². The average molecular weight is 342 g/mol. The van der Waals surface area contributed by atoms with Crippen molar-refractivity contribution in [3.05, 3.63) is 56.7 Å². The Kier molecular flexibility index (Phi) is 5.14. The van der Waals surface area contributed by atoms with E-state index < -0.39 is 5.97 Å². The Hall–Kier alpha value is -1.23. The van der Waals surface area contributed by atoms with Gasteiger partial charge in [0.2, 0.25) is 0 Å². The Morgan fingerprint density at radius 2 is 1.90 bits per heavy atom. The molecule has 3 nitrogen and oxygen atoms in total. The lowest BCUT2D eigenvalue weighted by atomic mass is 10.1. The van der Waals surface area contributed by atoms with Gasteiger partial charge in [-0.3, -0.25) is 0 Å². The van der Waals surface area contributed by atoms with E-state index in [2.05, 4.69) is 4.98 Å². The highest BCUT2D eigenvalue weighted by Gasteiger charge is 2.17.